The molecule has 40 heavy (non-hydrogen) atoms. The summed E-state index contributed by atoms with van der Waals surface area (Å²) < 4.78 is 34.3. The van der Waals surface area contributed by atoms with Crippen molar-refractivity contribution in [2.75, 3.05) is 6.54 Å². The summed E-state index contributed by atoms with van der Waals surface area (Å²) in [7, 11) is 0. The standard InChI is InChI=1S/C30H32F2N6O2/c1-20-18-34-28-19-36(16-17-37(20)28)29(39)22-10-8-21(9-11-22)4-2-7-26-33-14-12-27(35-26)38-15-13-23-24(38)5-3-6-25(23)40-30(31)32/h2-3,5-7,12-15,18,21-22,30H,4,8-11,16-17,19H2,1H3. The van der Waals surface area contributed by atoms with Gasteiger partial charge in [-0.05, 0) is 75.3 Å². The summed E-state index contributed by atoms with van der Waals surface area (Å²) >= 11 is 0. The molecule has 0 bridgehead atoms. The number of alkyl halides is 2. The van der Waals surface area contributed by atoms with Gasteiger partial charge in [0.1, 0.15) is 17.4 Å². The van der Waals surface area contributed by atoms with Gasteiger partial charge in [0.2, 0.25) is 5.91 Å². The summed E-state index contributed by atoms with van der Waals surface area (Å²) in [5.74, 6) is 3.26. The molecular formula is C30H32F2N6O2. The third-order valence-corrected chi connectivity index (χ3v) is 8.12. The number of aryl methyl sites for hydroxylation is 1. The largest absolute Gasteiger partial charge is 0.434 e. The Morgan fingerprint density at radius 1 is 1.12 bits per heavy atom. The molecule has 0 N–H and O–H groups in total. The molecule has 1 amide bonds. The van der Waals surface area contributed by atoms with E-state index in [1.165, 1.54) is 6.07 Å². The molecule has 1 aliphatic heterocycles. The van der Waals surface area contributed by atoms with E-state index < -0.39 is 6.61 Å². The Morgan fingerprint density at radius 2 is 1.98 bits per heavy atom. The first-order valence-electron chi connectivity index (χ1n) is 13.8. The number of benzene rings is 1. The average Bonchev–Trinajstić information content (AvgIpc) is 3.57. The molecule has 1 fully saturated rings. The Labute approximate surface area is 231 Å². The number of amides is 1. The van der Waals surface area contributed by atoms with Crippen LogP contribution in [-0.4, -0.2) is 48.0 Å². The summed E-state index contributed by atoms with van der Waals surface area (Å²) in [6.07, 6.45) is 14.2. The van der Waals surface area contributed by atoms with E-state index in [4.69, 9.17) is 0 Å². The summed E-state index contributed by atoms with van der Waals surface area (Å²) in [5, 5.41) is 0.592. The molecule has 0 spiro atoms. The Bertz CT molecular complexity index is 1540. The van der Waals surface area contributed by atoms with Crippen LogP contribution in [0.5, 0.6) is 5.75 Å². The van der Waals surface area contributed by atoms with Crippen LogP contribution in [0.4, 0.5) is 8.78 Å². The van der Waals surface area contributed by atoms with Crippen LogP contribution in [-0.2, 0) is 17.9 Å². The number of carbonyl (C=O) groups is 1. The minimum atomic E-state index is -2.88. The predicted octanol–water partition coefficient (Wildman–Crippen LogP) is 5.78. The highest BCUT2D eigenvalue weighted by Gasteiger charge is 2.31. The summed E-state index contributed by atoms with van der Waals surface area (Å²) in [4.78, 5) is 28.7. The number of nitrogens with zero attached hydrogens (tertiary/aromatic N) is 6. The lowest BCUT2D eigenvalue weighted by molar-refractivity contribution is -0.138. The maximum Gasteiger partial charge on any atom is 0.387 e. The highest BCUT2D eigenvalue weighted by molar-refractivity contribution is 5.87. The van der Waals surface area contributed by atoms with Crippen LogP contribution in [0.25, 0.3) is 22.8 Å². The van der Waals surface area contributed by atoms with Crippen molar-refractivity contribution in [2.45, 2.75) is 58.7 Å². The second kappa shape index (κ2) is 11.2. The highest BCUT2D eigenvalue weighted by Crippen LogP contribution is 2.33. The van der Waals surface area contributed by atoms with E-state index in [1.54, 1.807) is 30.6 Å². The van der Waals surface area contributed by atoms with Crippen molar-refractivity contribution in [3.63, 3.8) is 0 Å². The van der Waals surface area contributed by atoms with Crippen molar-refractivity contribution in [1.29, 1.82) is 0 Å². The Balaban J connectivity index is 1.04. The minimum absolute atomic E-state index is 0.103. The van der Waals surface area contributed by atoms with Crippen LogP contribution in [0.3, 0.4) is 0 Å². The van der Waals surface area contributed by atoms with Crippen LogP contribution in [0.15, 0.2) is 55.0 Å². The Hall–Kier alpha value is -4.08. The molecule has 0 radical (unpaired) electrons. The topological polar surface area (TPSA) is 78.1 Å². The molecule has 10 heteroatoms. The van der Waals surface area contributed by atoms with E-state index in [0.29, 0.717) is 29.5 Å². The maximum atomic E-state index is 13.2. The normalized spacial score (nSPS) is 19.4. The number of halogens is 2. The number of hydrogen-bond donors (Lipinski definition) is 0. The van der Waals surface area contributed by atoms with E-state index in [0.717, 1.165) is 62.2 Å². The van der Waals surface area contributed by atoms with Gasteiger partial charge in [0, 0.05) is 48.7 Å². The van der Waals surface area contributed by atoms with Crippen LogP contribution < -0.4 is 4.74 Å². The fraction of sp³-hybridized carbons (Fsp3) is 0.400. The van der Waals surface area contributed by atoms with E-state index in [9.17, 15) is 13.6 Å². The highest BCUT2D eigenvalue weighted by atomic mass is 19.3. The monoisotopic (exact) mass is 546 g/mol. The number of aromatic nitrogens is 5. The predicted molar refractivity (Wildman–Crippen MR) is 147 cm³/mol. The van der Waals surface area contributed by atoms with Crippen molar-refractivity contribution in [1.82, 2.24) is 29.0 Å². The summed E-state index contributed by atoms with van der Waals surface area (Å²) in [6.45, 7) is 1.37. The van der Waals surface area contributed by atoms with Crippen LogP contribution in [0, 0.1) is 18.8 Å². The molecule has 0 unspecified atom stereocenters. The van der Waals surface area contributed by atoms with Gasteiger partial charge in [0.25, 0.3) is 0 Å². The van der Waals surface area contributed by atoms with Crippen molar-refractivity contribution in [3.8, 4) is 11.6 Å². The van der Waals surface area contributed by atoms with Crippen molar-refractivity contribution < 1.29 is 18.3 Å². The van der Waals surface area contributed by atoms with Gasteiger partial charge >= 0.3 is 6.61 Å². The lowest BCUT2D eigenvalue weighted by Gasteiger charge is -2.34. The molecule has 2 aliphatic rings. The van der Waals surface area contributed by atoms with Gasteiger partial charge in [0.15, 0.2) is 5.82 Å². The molecule has 208 valence electrons. The molecule has 1 aliphatic carbocycles. The molecule has 0 saturated heterocycles. The minimum Gasteiger partial charge on any atom is -0.434 e. The van der Waals surface area contributed by atoms with Crippen molar-refractivity contribution >= 4 is 22.9 Å². The second-order valence-corrected chi connectivity index (χ2v) is 10.6. The van der Waals surface area contributed by atoms with Gasteiger partial charge in [-0.1, -0.05) is 12.1 Å². The second-order valence-electron chi connectivity index (χ2n) is 10.6. The zero-order valence-electron chi connectivity index (χ0n) is 22.4. The van der Waals surface area contributed by atoms with Crippen molar-refractivity contribution in [3.05, 3.63) is 72.3 Å². The fourth-order valence-electron chi connectivity index (χ4n) is 5.99. The van der Waals surface area contributed by atoms with Crippen LogP contribution in [0.1, 0.15) is 49.4 Å². The average molecular weight is 547 g/mol. The smallest absolute Gasteiger partial charge is 0.387 e. The third kappa shape index (κ3) is 5.35. The molecule has 0 atom stereocenters. The summed E-state index contributed by atoms with van der Waals surface area (Å²) in [6, 6.07) is 8.58. The number of rotatable bonds is 7. The quantitative estimate of drug-likeness (QED) is 0.294. The molecular weight excluding hydrogens is 514 g/mol. The van der Waals surface area contributed by atoms with Crippen molar-refractivity contribution in [2.24, 2.45) is 11.8 Å². The van der Waals surface area contributed by atoms with Gasteiger partial charge in [-0.15, -0.1) is 0 Å². The number of imidazole rings is 1. The SMILES string of the molecule is Cc1cnc2n1CCN(C(=O)C1CCC(CC=Cc3nccc(-n4ccc5c(OC(F)F)cccc54)n3)CC1)C2. The first kappa shape index (κ1) is 26.2. The number of allylic oxidation sites excluding steroid dienone is 1. The lowest BCUT2D eigenvalue weighted by Crippen LogP contribution is -2.42. The van der Waals surface area contributed by atoms with Gasteiger partial charge in [-0.3, -0.25) is 4.79 Å². The lowest BCUT2D eigenvalue weighted by atomic mass is 9.80. The van der Waals surface area contributed by atoms with E-state index in [1.807, 2.05) is 27.8 Å². The number of fused-ring (bicyclic) bond motifs is 2. The zero-order valence-corrected chi connectivity index (χ0v) is 22.4. The number of hydrogen-bond acceptors (Lipinski definition) is 5. The molecule has 3 aromatic heterocycles. The van der Waals surface area contributed by atoms with Gasteiger partial charge in [0.05, 0.1) is 12.1 Å². The first-order chi connectivity index (χ1) is 19.5. The zero-order chi connectivity index (χ0) is 27.6. The summed E-state index contributed by atoms with van der Waals surface area (Å²) in [5.41, 5.74) is 1.88. The Morgan fingerprint density at radius 3 is 2.80 bits per heavy atom. The van der Waals surface area contributed by atoms with Crippen LogP contribution >= 0.6 is 0 Å². The number of ether oxygens (including phenoxy) is 1. The first-order valence-corrected chi connectivity index (χ1v) is 13.8. The van der Waals surface area contributed by atoms with Gasteiger partial charge in [-0.25, -0.2) is 15.0 Å². The molecule has 4 aromatic rings. The van der Waals surface area contributed by atoms with E-state index in [-0.39, 0.29) is 17.6 Å². The third-order valence-electron chi connectivity index (χ3n) is 8.12. The van der Waals surface area contributed by atoms with Gasteiger partial charge < -0.3 is 18.8 Å². The van der Waals surface area contributed by atoms with Gasteiger partial charge in [-0.2, -0.15) is 8.78 Å². The van der Waals surface area contributed by atoms with E-state index >= 15 is 0 Å². The Kier molecular flexibility index (Phi) is 7.32. The maximum absolute atomic E-state index is 13.2. The molecule has 1 saturated carbocycles. The van der Waals surface area contributed by atoms with E-state index in [2.05, 4.69) is 37.3 Å². The number of carbonyl (C=O) groups excluding carboxylic acids is 1. The molecule has 1 aromatic carbocycles. The fourth-order valence-corrected chi connectivity index (χ4v) is 5.99. The molecule has 6 rings (SSSR count). The van der Waals surface area contributed by atoms with Crippen LogP contribution in [0.2, 0.25) is 0 Å². The molecule has 4 heterocycles. The molecule has 8 nitrogen and oxygen atoms in total.